The van der Waals surface area contributed by atoms with Crippen molar-refractivity contribution in [3.8, 4) is 0 Å². The molecule has 70 valence electrons. The minimum absolute atomic E-state index is 0.0145. The standard InChI is InChI=1S/C8H9BrClN3/c1-4-2-5(9)7(3-6(4)10)13-8(11)12/h2-3H,1H3,(H4,11,12,13). The molecule has 1 aromatic rings. The molecule has 0 aliphatic heterocycles. The molecule has 0 fully saturated rings. The first kappa shape index (κ1) is 10.3. The van der Waals surface area contributed by atoms with Gasteiger partial charge in [0.2, 0.25) is 0 Å². The molecule has 0 unspecified atom stereocenters. The monoisotopic (exact) mass is 261 g/mol. The highest BCUT2D eigenvalue weighted by Gasteiger charge is 2.02. The van der Waals surface area contributed by atoms with Crippen molar-refractivity contribution in [3.63, 3.8) is 0 Å². The van der Waals surface area contributed by atoms with E-state index in [1.54, 1.807) is 6.07 Å². The molecule has 0 aromatic heterocycles. The van der Waals surface area contributed by atoms with E-state index in [4.69, 9.17) is 23.1 Å². The fourth-order valence-electron chi connectivity index (χ4n) is 0.861. The van der Waals surface area contributed by atoms with Gasteiger partial charge in [0.05, 0.1) is 5.69 Å². The summed E-state index contributed by atoms with van der Waals surface area (Å²) in [6, 6.07) is 3.57. The summed E-state index contributed by atoms with van der Waals surface area (Å²) < 4.78 is 0.822. The third-order valence-corrected chi connectivity index (χ3v) is 2.52. The van der Waals surface area contributed by atoms with Gasteiger partial charge in [0.15, 0.2) is 5.96 Å². The molecule has 0 amide bonds. The second-order valence-electron chi connectivity index (χ2n) is 2.59. The van der Waals surface area contributed by atoms with Crippen molar-refractivity contribution in [1.82, 2.24) is 0 Å². The largest absolute Gasteiger partial charge is 0.370 e. The molecule has 0 bridgehead atoms. The number of aryl methyl sites for hydroxylation is 1. The average Bonchev–Trinajstić information content (AvgIpc) is 1.99. The number of hydrogen-bond acceptors (Lipinski definition) is 1. The lowest BCUT2D eigenvalue weighted by Crippen LogP contribution is -2.21. The van der Waals surface area contributed by atoms with E-state index in [2.05, 4.69) is 20.9 Å². The molecule has 5 heteroatoms. The van der Waals surface area contributed by atoms with Crippen LogP contribution in [0.1, 0.15) is 5.56 Å². The predicted octanol–water partition coefficient (Wildman–Crippen LogP) is 2.32. The normalized spacial score (nSPS) is 9.77. The molecule has 0 atom stereocenters. The summed E-state index contributed by atoms with van der Waals surface area (Å²) in [5, 5.41) is 0.642. The van der Waals surface area contributed by atoms with Crippen LogP contribution in [0.5, 0.6) is 0 Å². The first-order valence-corrected chi connectivity index (χ1v) is 4.73. The predicted molar refractivity (Wildman–Crippen MR) is 59.4 cm³/mol. The van der Waals surface area contributed by atoms with Crippen molar-refractivity contribution in [2.75, 3.05) is 0 Å². The van der Waals surface area contributed by atoms with E-state index in [9.17, 15) is 0 Å². The van der Waals surface area contributed by atoms with Crippen LogP contribution in [-0.2, 0) is 0 Å². The molecule has 1 aromatic carbocycles. The van der Waals surface area contributed by atoms with Crippen LogP contribution in [0.15, 0.2) is 21.6 Å². The first-order chi connectivity index (χ1) is 6.00. The Hall–Kier alpha value is -0.740. The van der Waals surface area contributed by atoms with Crippen LogP contribution in [0.4, 0.5) is 5.69 Å². The topological polar surface area (TPSA) is 64.4 Å². The summed E-state index contributed by atoms with van der Waals surface area (Å²) in [6.07, 6.45) is 0. The number of halogens is 2. The summed E-state index contributed by atoms with van der Waals surface area (Å²) in [5.74, 6) is 0.0145. The van der Waals surface area contributed by atoms with Crippen LogP contribution in [0.2, 0.25) is 5.02 Å². The van der Waals surface area contributed by atoms with Gasteiger partial charge in [0.1, 0.15) is 0 Å². The summed E-state index contributed by atoms with van der Waals surface area (Å²) in [6.45, 7) is 1.91. The fourth-order valence-corrected chi connectivity index (χ4v) is 1.56. The lowest BCUT2D eigenvalue weighted by Gasteiger charge is -2.02. The van der Waals surface area contributed by atoms with Gasteiger partial charge >= 0.3 is 0 Å². The Bertz CT molecular complexity index is 359. The van der Waals surface area contributed by atoms with Crippen molar-refractivity contribution in [3.05, 3.63) is 27.2 Å². The van der Waals surface area contributed by atoms with Crippen LogP contribution >= 0.6 is 27.5 Å². The molecule has 0 radical (unpaired) electrons. The van der Waals surface area contributed by atoms with Crippen LogP contribution in [0.25, 0.3) is 0 Å². The molecular weight excluding hydrogens is 253 g/mol. The zero-order valence-corrected chi connectivity index (χ0v) is 9.35. The smallest absolute Gasteiger partial charge is 0.191 e. The minimum Gasteiger partial charge on any atom is -0.370 e. The molecule has 0 aliphatic carbocycles. The van der Waals surface area contributed by atoms with E-state index in [-0.39, 0.29) is 5.96 Å². The lowest BCUT2D eigenvalue weighted by atomic mass is 10.2. The number of aliphatic imine (C=N–C) groups is 1. The third kappa shape index (κ3) is 2.60. The van der Waals surface area contributed by atoms with Gasteiger partial charge in [-0.2, -0.15) is 0 Å². The van der Waals surface area contributed by atoms with E-state index in [0.29, 0.717) is 10.7 Å². The van der Waals surface area contributed by atoms with Crippen molar-refractivity contribution in [2.24, 2.45) is 16.5 Å². The molecule has 0 saturated carbocycles. The second kappa shape index (κ2) is 3.98. The van der Waals surface area contributed by atoms with Crippen molar-refractivity contribution in [2.45, 2.75) is 6.92 Å². The Kier molecular flexibility index (Phi) is 3.17. The van der Waals surface area contributed by atoms with E-state index in [0.717, 1.165) is 10.0 Å². The van der Waals surface area contributed by atoms with Crippen molar-refractivity contribution >= 4 is 39.2 Å². The van der Waals surface area contributed by atoms with Gasteiger partial charge in [-0.1, -0.05) is 11.6 Å². The zero-order valence-electron chi connectivity index (χ0n) is 7.01. The highest BCUT2D eigenvalue weighted by atomic mass is 79.9. The molecule has 1 rings (SSSR count). The number of hydrogen-bond donors (Lipinski definition) is 2. The fraction of sp³-hybridized carbons (Fsp3) is 0.125. The van der Waals surface area contributed by atoms with Gasteiger partial charge in [-0.05, 0) is 40.5 Å². The molecular formula is C8H9BrClN3. The highest BCUT2D eigenvalue weighted by molar-refractivity contribution is 9.10. The van der Waals surface area contributed by atoms with E-state index in [1.165, 1.54) is 0 Å². The van der Waals surface area contributed by atoms with Gasteiger partial charge < -0.3 is 11.5 Å². The number of guanidine groups is 1. The van der Waals surface area contributed by atoms with E-state index in [1.807, 2.05) is 13.0 Å². The van der Waals surface area contributed by atoms with E-state index < -0.39 is 0 Å². The SMILES string of the molecule is Cc1cc(Br)c(N=C(N)N)cc1Cl. The Balaban J connectivity index is 3.24. The van der Waals surface area contributed by atoms with Crippen LogP contribution < -0.4 is 11.5 Å². The van der Waals surface area contributed by atoms with Crippen LogP contribution in [-0.4, -0.2) is 5.96 Å². The van der Waals surface area contributed by atoms with E-state index >= 15 is 0 Å². The maximum Gasteiger partial charge on any atom is 0.191 e. The molecule has 13 heavy (non-hydrogen) atoms. The van der Waals surface area contributed by atoms with Crippen LogP contribution in [0, 0.1) is 6.92 Å². The third-order valence-electron chi connectivity index (χ3n) is 1.48. The maximum absolute atomic E-state index is 5.90. The molecule has 3 nitrogen and oxygen atoms in total. The van der Waals surface area contributed by atoms with Gasteiger partial charge in [-0.25, -0.2) is 4.99 Å². The summed E-state index contributed by atoms with van der Waals surface area (Å²) >= 11 is 9.23. The van der Waals surface area contributed by atoms with Crippen molar-refractivity contribution < 1.29 is 0 Å². The number of nitrogens with zero attached hydrogens (tertiary/aromatic N) is 1. The van der Waals surface area contributed by atoms with Gasteiger partial charge in [-0.15, -0.1) is 0 Å². The number of rotatable bonds is 1. The number of nitrogens with two attached hydrogens (primary N) is 2. The Morgan fingerprint density at radius 3 is 2.62 bits per heavy atom. The summed E-state index contributed by atoms with van der Waals surface area (Å²) in [7, 11) is 0. The Labute approximate surface area is 89.9 Å². The second-order valence-corrected chi connectivity index (χ2v) is 3.85. The quantitative estimate of drug-likeness (QED) is 0.602. The number of benzene rings is 1. The first-order valence-electron chi connectivity index (χ1n) is 3.56. The van der Waals surface area contributed by atoms with Crippen molar-refractivity contribution in [1.29, 1.82) is 0 Å². The summed E-state index contributed by atoms with van der Waals surface area (Å²) in [5.41, 5.74) is 12.1. The average molecular weight is 263 g/mol. The Morgan fingerprint density at radius 2 is 2.08 bits per heavy atom. The van der Waals surface area contributed by atoms with Gasteiger partial charge in [0.25, 0.3) is 0 Å². The molecule has 0 spiro atoms. The van der Waals surface area contributed by atoms with Crippen LogP contribution in [0.3, 0.4) is 0 Å². The summed E-state index contributed by atoms with van der Waals surface area (Å²) in [4.78, 5) is 3.90. The molecule has 0 heterocycles. The lowest BCUT2D eigenvalue weighted by molar-refractivity contribution is 1.37. The van der Waals surface area contributed by atoms with Gasteiger partial charge in [0, 0.05) is 9.50 Å². The highest BCUT2D eigenvalue weighted by Crippen LogP contribution is 2.30. The molecule has 0 saturated heterocycles. The Morgan fingerprint density at radius 1 is 1.46 bits per heavy atom. The molecule has 4 N–H and O–H groups in total. The van der Waals surface area contributed by atoms with Gasteiger partial charge in [-0.3, -0.25) is 0 Å². The molecule has 0 aliphatic rings. The minimum atomic E-state index is 0.0145. The maximum atomic E-state index is 5.90. The zero-order chi connectivity index (χ0) is 10.0.